The van der Waals surface area contributed by atoms with Crippen molar-refractivity contribution in [3.05, 3.63) is 53.1 Å². The Morgan fingerprint density at radius 1 is 0.968 bits per heavy atom. The van der Waals surface area contributed by atoms with Gasteiger partial charge >= 0.3 is 0 Å². The fourth-order valence-electron chi connectivity index (χ4n) is 3.72. The Hall–Kier alpha value is -2.07. The molecule has 2 heterocycles. The second-order valence-corrected chi connectivity index (χ2v) is 10.9. The number of halogens is 1. The molecule has 0 saturated carbocycles. The van der Waals surface area contributed by atoms with Crippen LogP contribution in [-0.2, 0) is 14.8 Å². The van der Waals surface area contributed by atoms with Gasteiger partial charge in [-0.3, -0.25) is 9.59 Å². The number of benzene rings is 2. The van der Waals surface area contributed by atoms with Crippen molar-refractivity contribution in [1.82, 2.24) is 9.21 Å². The smallest absolute Gasteiger partial charge is 0.258 e. The summed E-state index contributed by atoms with van der Waals surface area (Å²) in [6, 6.07) is 11.5. The lowest BCUT2D eigenvalue weighted by atomic mass is 10.1. The molecular weight excluding hydrogens is 458 g/mol. The first-order valence-corrected chi connectivity index (χ1v) is 12.7. The van der Waals surface area contributed by atoms with Gasteiger partial charge in [0.2, 0.25) is 15.9 Å². The zero-order valence-electron chi connectivity index (χ0n) is 17.0. The SMILES string of the molecule is CC(=O)N1CCN(S(=O)(=O)c2ccc(C(=O)N3CCSc4ccc(Cl)cc43)cc2)CC1. The Kier molecular flexibility index (Phi) is 6.30. The molecule has 1 saturated heterocycles. The fourth-order valence-corrected chi connectivity index (χ4v) is 6.28. The number of anilines is 1. The van der Waals surface area contributed by atoms with Gasteiger partial charge in [-0.2, -0.15) is 4.31 Å². The number of sulfonamides is 1. The Morgan fingerprint density at radius 3 is 2.29 bits per heavy atom. The molecular formula is C21H22ClN3O4S2. The van der Waals surface area contributed by atoms with Crippen LogP contribution in [0.2, 0.25) is 5.02 Å². The molecule has 0 spiro atoms. The van der Waals surface area contributed by atoms with Crippen molar-refractivity contribution < 1.29 is 18.0 Å². The molecule has 31 heavy (non-hydrogen) atoms. The molecule has 2 amide bonds. The van der Waals surface area contributed by atoms with Crippen molar-refractivity contribution >= 4 is 50.9 Å². The predicted octanol–water partition coefficient (Wildman–Crippen LogP) is 2.95. The van der Waals surface area contributed by atoms with Gasteiger partial charge in [0.05, 0.1) is 10.6 Å². The molecule has 0 bridgehead atoms. The number of nitrogens with zero attached hydrogens (tertiary/aromatic N) is 3. The van der Waals surface area contributed by atoms with Gasteiger partial charge < -0.3 is 9.80 Å². The standard InChI is InChI=1S/C21H22ClN3O4S2/c1-15(26)23-8-10-24(11-9-23)31(28,29)18-5-2-16(3-6-18)21(27)25-12-13-30-20-7-4-17(22)14-19(20)25/h2-7,14H,8-13H2,1H3. The maximum absolute atomic E-state index is 13.1. The molecule has 2 aromatic rings. The number of fused-ring (bicyclic) bond motifs is 1. The van der Waals surface area contributed by atoms with Crippen molar-refractivity contribution in [3.8, 4) is 0 Å². The highest BCUT2D eigenvalue weighted by molar-refractivity contribution is 7.99. The van der Waals surface area contributed by atoms with E-state index in [2.05, 4.69) is 0 Å². The van der Waals surface area contributed by atoms with Gasteiger partial charge in [-0.25, -0.2) is 8.42 Å². The van der Waals surface area contributed by atoms with Gasteiger partial charge in [-0.15, -0.1) is 11.8 Å². The van der Waals surface area contributed by atoms with E-state index >= 15 is 0 Å². The zero-order chi connectivity index (χ0) is 22.2. The van der Waals surface area contributed by atoms with Crippen LogP contribution in [0.5, 0.6) is 0 Å². The summed E-state index contributed by atoms with van der Waals surface area (Å²) in [6.07, 6.45) is 0. The van der Waals surface area contributed by atoms with E-state index in [1.165, 1.54) is 23.4 Å². The lowest BCUT2D eigenvalue weighted by molar-refractivity contribution is -0.129. The number of carbonyl (C=O) groups excluding carboxylic acids is 2. The molecule has 0 radical (unpaired) electrons. The summed E-state index contributed by atoms with van der Waals surface area (Å²) in [5.74, 6) is 0.528. The first kappa shape index (κ1) is 22.1. The summed E-state index contributed by atoms with van der Waals surface area (Å²) in [5.41, 5.74) is 1.19. The first-order valence-electron chi connectivity index (χ1n) is 9.87. The minimum absolute atomic E-state index is 0.0566. The van der Waals surface area contributed by atoms with Crippen LogP contribution in [0, 0.1) is 0 Å². The summed E-state index contributed by atoms with van der Waals surface area (Å²) in [5, 5.41) is 0.561. The Balaban J connectivity index is 1.52. The van der Waals surface area contributed by atoms with Crippen molar-refractivity contribution in [2.24, 2.45) is 0 Å². The molecule has 10 heteroatoms. The average Bonchev–Trinajstić information content (AvgIpc) is 2.78. The maximum Gasteiger partial charge on any atom is 0.258 e. The van der Waals surface area contributed by atoms with E-state index in [1.807, 2.05) is 6.07 Å². The third-order valence-electron chi connectivity index (χ3n) is 5.45. The number of hydrogen-bond acceptors (Lipinski definition) is 5. The normalized spacial score (nSPS) is 17.4. The molecule has 4 rings (SSSR count). The van der Waals surface area contributed by atoms with E-state index in [9.17, 15) is 18.0 Å². The lowest BCUT2D eigenvalue weighted by Crippen LogP contribution is -2.49. The van der Waals surface area contributed by atoms with E-state index in [-0.39, 0.29) is 29.8 Å². The summed E-state index contributed by atoms with van der Waals surface area (Å²) < 4.78 is 27.3. The molecule has 0 aliphatic carbocycles. The van der Waals surface area contributed by atoms with Crippen LogP contribution < -0.4 is 4.90 Å². The van der Waals surface area contributed by atoms with Gasteiger partial charge in [0, 0.05) is 60.9 Å². The number of rotatable bonds is 3. The van der Waals surface area contributed by atoms with Gasteiger partial charge in [-0.05, 0) is 42.5 Å². The number of piperazine rings is 1. The molecule has 0 atom stereocenters. The van der Waals surface area contributed by atoms with Crippen LogP contribution in [0.1, 0.15) is 17.3 Å². The van der Waals surface area contributed by atoms with Crippen molar-refractivity contribution in [2.45, 2.75) is 16.7 Å². The van der Waals surface area contributed by atoms with Gasteiger partial charge in [0.25, 0.3) is 5.91 Å². The van der Waals surface area contributed by atoms with Gasteiger partial charge in [0.15, 0.2) is 0 Å². The van der Waals surface area contributed by atoms with Gasteiger partial charge in [-0.1, -0.05) is 11.6 Å². The van der Waals surface area contributed by atoms with E-state index in [1.54, 1.807) is 45.8 Å². The summed E-state index contributed by atoms with van der Waals surface area (Å²) in [6.45, 7) is 3.29. The number of thioether (sulfide) groups is 1. The highest BCUT2D eigenvalue weighted by Gasteiger charge is 2.30. The number of carbonyl (C=O) groups is 2. The minimum Gasteiger partial charge on any atom is -0.340 e. The van der Waals surface area contributed by atoms with Crippen LogP contribution in [0.3, 0.4) is 0 Å². The van der Waals surface area contributed by atoms with Crippen molar-refractivity contribution in [2.75, 3.05) is 43.4 Å². The van der Waals surface area contributed by atoms with E-state index < -0.39 is 10.0 Å². The van der Waals surface area contributed by atoms with E-state index in [4.69, 9.17) is 11.6 Å². The Bertz CT molecular complexity index is 1110. The third kappa shape index (κ3) is 4.45. The third-order valence-corrected chi connectivity index (χ3v) is 8.64. The monoisotopic (exact) mass is 479 g/mol. The molecule has 7 nitrogen and oxygen atoms in total. The largest absolute Gasteiger partial charge is 0.340 e. The van der Waals surface area contributed by atoms with Crippen molar-refractivity contribution in [1.29, 1.82) is 0 Å². The second kappa shape index (κ2) is 8.82. The lowest BCUT2D eigenvalue weighted by Gasteiger charge is -2.33. The molecule has 2 aliphatic heterocycles. The Morgan fingerprint density at radius 2 is 1.65 bits per heavy atom. The van der Waals surface area contributed by atoms with Crippen LogP contribution in [-0.4, -0.2) is 67.9 Å². The summed E-state index contributed by atoms with van der Waals surface area (Å²) in [7, 11) is -3.68. The predicted molar refractivity (Wildman–Crippen MR) is 121 cm³/mol. The second-order valence-electron chi connectivity index (χ2n) is 7.35. The van der Waals surface area contributed by atoms with Crippen LogP contribution in [0.4, 0.5) is 5.69 Å². The molecule has 164 valence electrons. The van der Waals surface area contributed by atoms with Crippen LogP contribution in [0.15, 0.2) is 52.3 Å². The molecule has 2 aromatic carbocycles. The summed E-state index contributed by atoms with van der Waals surface area (Å²) >= 11 is 7.80. The minimum atomic E-state index is -3.68. The highest BCUT2D eigenvalue weighted by Crippen LogP contribution is 2.37. The Labute approximate surface area is 191 Å². The molecule has 2 aliphatic rings. The van der Waals surface area contributed by atoms with Crippen LogP contribution in [0.25, 0.3) is 0 Å². The highest BCUT2D eigenvalue weighted by atomic mass is 35.5. The topological polar surface area (TPSA) is 78.0 Å². The molecule has 0 aromatic heterocycles. The maximum atomic E-state index is 13.1. The zero-order valence-corrected chi connectivity index (χ0v) is 19.3. The summed E-state index contributed by atoms with van der Waals surface area (Å²) in [4.78, 5) is 29.0. The van der Waals surface area contributed by atoms with Gasteiger partial charge in [0.1, 0.15) is 0 Å². The first-order chi connectivity index (χ1) is 14.8. The van der Waals surface area contributed by atoms with Crippen LogP contribution >= 0.6 is 23.4 Å². The number of amides is 2. The van der Waals surface area contributed by atoms with E-state index in [0.29, 0.717) is 30.2 Å². The van der Waals surface area contributed by atoms with E-state index in [0.717, 1.165) is 16.3 Å². The molecule has 0 unspecified atom stereocenters. The average molecular weight is 480 g/mol. The quantitative estimate of drug-likeness (QED) is 0.676. The molecule has 0 N–H and O–H groups in total. The van der Waals surface area contributed by atoms with Crippen molar-refractivity contribution in [3.63, 3.8) is 0 Å². The molecule has 1 fully saturated rings. The fraction of sp³-hybridized carbons (Fsp3) is 0.333. The number of hydrogen-bond donors (Lipinski definition) is 0.